The van der Waals surface area contributed by atoms with Gasteiger partial charge in [0.25, 0.3) is 0 Å². The van der Waals surface area contributed by atoms with E-state index in [2.05, 4.69) is 15.7 Å². The number of benzene rings is 2. The van der Waals surface area contributed by atoms with Crippen LogP contribution in [0.3, 0.4) is 0 Å². The number of nitrogens with one attached hydrogen (secondary N) is 2. The molecule has 148 valence electrons. The van der Waals surface area contributed by atoms with Crippen molar-refractivity contribution in [3.8, 4) is 11.3 Å². The Labute approximate surface area is 177 Å². The highest BCUT2D eigenvalue weighted by Crippen LogP contribution is 2.35. The lowest BCUT2D eigenvalue weighted by molar-refractivity contribution is -0.125. The van der Waals surface area contributed by atoms with Crippen LogP contribution in [0.25, 0.3) is 11.3 Å². The number of rotatable bonds is 4. The third-order valence-electron chi connectivity index (χ3n) is 4.82. The SMILES string of the molecule is CSc1cccc(NC(=O)C2CC(=O)Nc3c(C)c(-c4cccc(Cl)c4)nn32)c1. The molecule has 0 bridgehead atoms. The van der Waals surface area contributed by atoms with Crippen LogP contribution < -0.4 is 10.6 Å². The van der Waals surface area contributed by atoms with Gasteiger partial charge in [0.2, 0.25) is 11.8 Å². The number of anilines is 2. The van der Waals surface area contributed by atoms with E-state index in [1.165, 1.54) is 0 Å². The van der Waals surface area contributed by atoms with E-state index < -0.39 is 6.04 Å². The van der Waals surface area contributed by atoms with Crippen molar-refractivity contribution in [3.05, 3.63) is 59.1 Å². The zero-order valence-corrected chi connectivity index (χ0v) is 17.5. The molecule has 29 heavy (non-hydrogen) atoms. The zero-order valence-electron chi connectivity index (χ0n) is 15.9. The highest BCUT2D eigenvalue weighted by atomic mass is 35.5. The van der Waals surface area contributed by atoms with Crippen LogP contribution >= 0.6 is 23.4 Å². The van der Waals surface area contributed by atoms with Gasteiger partial charge in [-0.2, -0.15) is 5.10 Å². The fourth-order valence-corrected chi connectivity index (χ4v) is 4.03. The van der Waals surface area contributed by atoms with E-state index >= 15 is 0 Å². The Morgan fingerprint density at radius 1 is 1.28 bits per heavy atom. The average Bonchev–Trinajstić information content (AvgIpc) is 3.04. The number of hydrogen-bond acceptors (Lipinski definition) is 4. The summed E-state index contributed by atoms with van der Waals surface area (Å²) in [5, 5.41) is 11.0. The Bertz CT molecular complexity index is 1110. The molecule has 0 spiro atoms. The molecule has 6 nitrogen and oxygen atoms in total. The number of carbonyl (C=O) groups is 2. The van der Waals surface area contributed by atoms with E-state index in [4.69, 9.17) is 11.6 Å². The van der Waals surface area contributed by atoms with E-state index in [0.29, 0.717) is 22.2 Å². The van der Waals surface area contributed by atoms with Crippen molar-refractivity contribution < 1.29 is 9.59 Å². The number of amides is 2. The van der Waals surface area contributed by atoms with E-state index in [9.17, 15) is 9.59 Å². The monoisotopic (exact) mass is 426 g/mol. The first-order valence-electron chi connectivity index (χ1n) is 9.06. The van der Waals surface area contributed by atoms with E-state index in [0.717, 1.165) is 16.0 Å². The molecule has 1 unspecified atom stereocenters. The standard InChI is InChI=1S/C21H19ClN4O2S/c1-12-19(13-5-3-6-14(22)9-13)25-26-17(11-18(27)24-20(12)26)21(28)23-15-7-4-8-16(10-15)29-2/h3-10,17H,11H2,1-2H3,(H,23,28)(H,24,27). The minimum absolute atomic E-state index is 0.0250. The first-order valence-corrected chi connectivity index (χ1v) is 10.7. The van der Waals surface area contributed by atoms with Crippen LogP contribution in [0.1, 0.15) is 18.0 Å². The molecule has 0 fully saturated rings. The second-order valence-corrected chi connectivity index (χ2v) is 8.08. The molecule has 1 aromatic heterocycles. The van der Waals surface area contributed by atoms with Crippen molar-refractivity contribution in [1.82, 2.24) is 9.78 Å². The maximum Gasteiger partial charge on any atom is 0.249 e. The van der Waals surface area contributed by atoms with Crippen LogP contribution in [0.2, 0.25) is 5.02 Å². The molecule has 0 radical (unpaired) electrons. The van der Waals surface area contributed by atoms with E-state index in [1.54, 1.807) is 22.5 Å². The Hall–Kier alpha value is -2.77. The summed E-state index contributed by atoms with van der Waals surface area (Å²) in [6.45, 7) is 1.87. The quantitative estimate of drug-likeness (QED) is 0.590. The lowest BCUT2D eigenvalue weighted by Crippen LogP contribution is -2.35. The molecule has 2 heterocycles. The summed E-state index contributed by atoms with van der Waals surface area (Å²) < 4.78 is 1.60. The van der Waals surface area contributed by atoms with Gasteiger partial charge in [-0.1, -0.05) is 29.8 Å². The number of thioether (sulfide) groups is 1. The van der Waals surface area contributed by atoms with Gasteiger partial charge in [0.05, 0.1) is 12.1 Å². The van der Waals surface area contributed by atoms with Gasteiger partial charge < -0.3 is 10.6 Å². The minimum Gasteiger partial charge on any atom is -0.324 e. The normalized spacial score (nSPS) is 15.6. The van der Waals surface area contributed by atoms with Crippen LogP contribution in [0.15, 0.2) is 53.4 Å². The van der Waals surface area contributed by atoms with Gasteiger partial charge in [-0.15, -0.1) is 11.8 Å². The van der Waals surface area contributed by atoms with Crippen LogP contribution in [-0.2, 0) is 9.59 Å². The van der Waals surface area contributed by atoms with Gasteiger partial charge in [-0.3, -0.25) is 9.59 Å². The Morgan fingerprint density at radius 3 is 2.83 bits per heavy atom. The number of hydrogen-bond donors (Lipinski definition) is 2. The second-order valence-electron chi connectivity index (χ2n) is 6.77. The molecule has 3 aromatic rings. The summed E-state index contributed by atoms with van der Waals surface area (Å²) in [6, 6.07) is 14.2. The predicted molar refractivity (Wildman–Crippen MR) is 117 cm³/mol. The van der Waals surface area contributed by atoms with E-state index in [1.807, 2.05) is 55.6 Å². The molecule has 2 N–H and O–H groups in total. The number of nitrogens with zero attached hydrogens (tertiary/aromatic N) is 2. The van der Waals surface area contributed by atoms with Gasteiger partial charge in [0.15, 0.2) is 0 Å². The molecule has 4 rings (SSSR count). The minimum atomic E-state index is -0.733. The topological polar surface area (TPSA) is 76.0 Å². The number of aromatic nitrogens is 2. The molecule has 2 amide bonds. The van der Waals surface area contributed by atoms with Gasteiger partial charge in [0.1, 0.15) is 11.9 Å². The summed E-state index contributed by atoms with van der Waals surface area (Å²) in [4.78, 5) is 26.3. The van der Waals surface area contributed by atoms with Crippen LogP contribution in [0.5, 0.6) is 0 Å². The molecule has 2 aromatic carbocycles. The summed E-state index contributed by atoms with van der Waals surface area (Å²) in [6.07, 6.45) is 2.00. The molecule has 8 heteroatoms. The zero-order chi connectivity index (χ0) is 20.5. The smallest absolute Gasteiger partial charge is 0.249 e. The van der Waals surface area contributed by atoms with Crippen molar-refractivity contribution >= 4 is 46.7 Å². The van der Waals surface area contributed by atoms with Crippen molar-refractivity contribution in [1.29, 1.82) is 0 Å². The molecule has 1 atom stereocenters. The first kappa shape index (κ1) is 19.5. The van der Waals surface area contributed by atoms with Crippen molar-refractivity contribution in [2.24, 2.45) is 0 Å². The molecular weight excluding hydrogens is 408 g/mol. The van der Waals surface area contributed by atoms with Crippen molar-refractivity contribution in [2.75, 3.05) is 16.9 Å². The lowest BCUT2D eigenvalue weighted by atomic mass is 10.1. The Kier molecular flexibility index (Phi) is 5.34. The molecule has 1 aliphatic heterocycles. The Morgan fingerprint density at radius 2 is 2.07 bits per heavy atom. The fourth-order valence-electron chi connectivity index (χ4n) is 3.38. The fraction of sp³-hybridized carbons (Fsp3) is 0.190. The van der Waals surface area contributed by atoms with E-state index in [-0.39, 0.29) is 18.2 Å². The van der Waals surface area contributed by atoms with Crippen LogP contribution in [0.4, 0.5) is 11.5 Å². The maximum atomic E-state index is 13.0. The van der Waals surface area contributed by atoms with Gasteiger partial charge >= 0.3 is 0 Å². The maximum absolute atomic E-state index is 13.0. The van der Waals surface area contributed by atoms with Crippen LogP contribution in [-0.4, -0.2) is 27.9 Å². The summed E-state index contributed by atoms with van der Waals surface area (Å²) in [7, 11) is 0. The van der Waals surface area contributed by atoms with Gasteiger partial charge in [0, 0.05) is 26.7 Å². The van der Waals surface area contributed by atoms with Crippen molar-refractivity contribution in [2.45, 2.75) is 24.3 Å². The van der Waals surface area contributed by atoms with Crippen molar-refractivity contribution in [3.63, 3.8) is 0 Å². The lowest BCUT2D eigenvalue weighted by Gasteiger charge is -2.24. The highest BCUT2D eigenvalue weighted by molar-refractivity contribution is 7.98. The first-order chi connectivity index (χ1) is 14.0. The van der Waals surface area contributed by atoms with Gasteiger partial charge in [-0.05, 0) is 43.5 Å². The predicted octanol–water partition coefficient (Wildman–Crippen LogP) is 4.76. The summed E-state index contributed by atoms with van der Waals surface area (Å²) in [5.74, 6) is 0.0462. The number of halogens is 1. The third-order valence-corrected chi connectivity index (χ3v) is 5.78. The number of fused-ring (bicyclic) bond motifs is 1. The number of carbonyl (C=O) groups excluding carboxylic acids is 2. The highest BCUT2D eigenvalue weighted by Gasteiger charge is 2.34. The molecule has 0 aliphatic carbocycles. The average molecular weight is 427 g/mol. The van der Waals surface area contributed by atoms with Gasteiger partial charge in [-0.25, -0.2) is 4.68 Å². The second kappa shape index (κ2) is 7.93. The summed E-state index contributed by atoms with van der Waals surface area (Å²) >= 11 is 7.72. The summed E-state index contributed by atoms with van der Waals surface area (Å²) in [5.41, 5.74) is 3.00. The largest absolute Gasteiger partial charge is 0.324 e. The molecule has 0 saturated heterocycles. The van der Waals surface area contributed by atoms with Crippen LogP contribution in [0, 0.1) is 6.92 Å². The molecule has 1 aliphatic rings. The molecular formula is C21H19ClN4O2S. The Balaban J connectivity index is 1.69. The third kappa shape index (κ3) is 3.88. The molecule has 0 saturated carbocycles.